The second-order valence-electron chi connectivity index (χ2n) is 4.45. The van der Waals surface area contributed by atoms with Crippen molar-refractivity contribution < 1.29 is 4.79 Å². The molecule has 0 spiro atoms. The van der Waals surface area contributed by atoms with Gasteiger partial charge >= 0.3 is 0 Å². The average molecular weight is 335 g/mol. The number of tetrazole rings is 1. The normalized spacial score (nSPS) is 10.6. The standard InChI is InChI=1S/C13H11ClN6OS/c1-8-15-5-10(22-8)6-16-13(21)11-3-2-9(4-12(11)14)20-7-17-18-19-20/h2-5,7H,6H2,1H3,(H,16,21). The van der Waals surface area contributed by atoms with Crippen LogP contribution in [0.25, 0.3) is 5.69 Å². The van der Waals surface area contributed by atoms with Crippen molar-refractivity contribution >= 4 is 28.8 Å². The Balaban J connectivity index is 1.72. The minimum Gasteiger partial charge on any atom is -0.347 e. The number of nitrogens with one attached hydrogen (secondary N) is 1. The lowest BCUT2D eigenvalue weighted by molar-refractivity contribution is 0.0951. The molecule has 0 atom stereocenters. The molecule has 7 nitrogen and oxygen atoms in total. The van der Waals surface area contributed by atoms with E-state index in [1.807, 2.05) is 6.92 Å². The van der Waals surface area contributed by atoms with E-state index in [1.54, 1.807) is 35.7 Å². The van der Waals surface area contributed by atoms with Crippen LogP contribution in [0.3, 0.4) is 0 Å². The van der Waals surface area contributed by atoms with Crippen molar-refractivity contribution in [2.75, 3.05) is 0 Å². The third-order valence-corrected chi connectivity index (χ3v) is 4.13. The molecule has 0 saturated carbocycles. The second kappa shape index (κ2) is 6.20. The zero-order chi connectivity index (χ0) is 15.5. The van der Waals surface area contributed by atoms with Crippen molar-refractivity contribution in [3.05, 3.63) is 51.2 Å². The van der Waals surface area contributed by atoms with Crippen molar-refractivity contribution in [3.63, 3.8) is 0 Å². The fourth-order valence-electron chi connectivity index (χ4n) is 1.86. The molecule has 0 unspecified atom stereocenters. The fraction of sp³-hybridized carbons (Fsp3) is 0.154. The molecule has 1 aromatic carbocycles. The summed E-state index contributed by atoms with van der Waals surface area (Å²) in [5, 5.41) is 15.0. The summed E-state index contributed by atoms with van der Waals surface area (Å²) >= 11 is 7.72. The van der Waals surface area contributed by atoms with Crippen LogP contribution < -0.4 is 5.32 Å². The molecular formula is C13H11ClN6OS. The lowest BCUT2D eigenvalue weighted by Gasteiger charge is -2.07. The Hall–Kier alpha value is -2.32. The average Bonchev–Trinajstić information content (AvgIpc) is 3.16. The van der Waals surface area contributed by atoms with Crippen LogP contribution in [-0.4, -0.2) is 31.1 Å². The maximum atomic E-state index is 12.2. The number of hydrogen-bond acceptors (Lipinski definition) is 6. The van der Waals surface area contributed by atoms with Gasteiger partial charge in [-0.05, 0) is 35.5 Å². The highest BCUT2D eigenvalue weighted by atomic mass is 35.5. The number of halogens is 1. The predicted molar refractivity (Wildman–Crippen MR) is 82.2 cm³/mol. The summed E-state index contributed by atoms with van der Waals surface area (Å²) in [6.45, 7) is 2.35. The molecule has 2 heterocycles. The van der Waals surface area contributed by atoms with E-state index in [2.05, 4.69) is 25.8 Å². The molecule has 0 aliphatic carbocycles. The van der Waals surface area contributed by atoms with Crippen LogP contribution >= 0.6 is 22.9 Å². The Kier molecular flexibility index (Phi) is 4.12. The highest BCUT2D eigenvalue weighted by Crippen LogP contribution is 2.20. The quantitative estimate of drug-likeness (QED) is 0.788. The Morgan fingerprint density at radius 1 is 1.45 bits per heavy atom. The topological polar surface area (TPSA) is 85.6 Å². The van der Waals surface area contributed by atoms with Gasteiger partial charge in [-0.3, -0.25) is 4.79 Å². The SMILES string of the molecule is Cc1ncc(CNC(=O)c2ccc(-n3cnnn3)cc2Cl)s1. The van der Waals surface area contributed by atoms with Gasteiger partial charge in [-0.15, -0.1) is 16.4 Å². The van der Waals surface area contributed by atoms with E-state index in [-0.39, 0.29) is 5.91 Å². The van der Waals surface area contributed by atoms with E-state index < -0.39 is 0 Å². The van der Waals surface area contributed by atoms with E-state index >= 15 is 0 Å². The van der Waals surface area contributed by atoms with Crippen LogP contribution in [-0.2, 0) is 6.54 Å². The van der Waals surface area contributed by atoms with Crippen LogP contribution in [0.4, 0.5) is 0 Å². The first-order valence-electron chi connectivity index (χ1n) is 6.36. The van der Waals surface area contributed by atoms with E-state index in [0.717, 1.165) is 9.88 Å². The van der Waals surface area contributed by atoms with E-state index in [9.17, 15) is 4.79 Å². The van der Waals surface area contributed by atoms with Gasteiger partial charge in [0.25, 0.3) is 5.91 Å². The zero-order valence-electron chi connectivity index (χ0n) is 11.5. The number of thiazole rings is 1. The summed E-state index contributed by atoms with van der Waals surface area (Å²) in [7, 11) is 0. The fourth-order valence-corrected chi connectivity index (χ4v) is 2.86. The van der Waals surface area contributed by atoms with Crippen LogP contribution in [0.1, 0.15) is 20.2 Å². The summed E-state index contributed by atoms with van der Waals surface area (Å²) in [4.78, 5) is 17.3. The van der Waals surface area contributed by atoms with Gasteiger partial charge in [0, 0.05) is 11.1 Å². The lowest BCUT2D eigenvalue weighted by atomic mass is 10.2. The van der Waals surface area contributed by atoms with Crippen molar-refractivity contribution in [3.8, 4) is 5.69 Å². The number of rotatable bonds is 4. The number of carbonyl (C=O) groups is 1. The first-order valence-corrected chi connectivity index (χ1v) is 7.55. The maximum Gasteiger partial charge on any atom is 0.253 e. The molecule has 0 bridgehead atoms. The molecule has 0 fully saturated rings. The third-order valence-electron chi connectivity index (χ3n) is 2.90. The zero-order valence-corrected chi connectivity index (χ0v) is 13.1. The molecule has 0 saturated heterocycles. The summed E-state index contributed by atoms with van der Waals surface area (Å²) in [6, 6.07) is 5.02. The molecule has 1 N–H and O–H groups in total. The number of hydrogen-bond donors (Lipinski definition) is 1. The molecule has 112 valence electrons. The predicted octanol–water partition coefficient (Wildman–Crippen LogP) is 2.01. The van der Waals surface area contributed by atoms with E-state index in [1.165, 1.54) is 11.0 Å². The Labute approximate surface area is 134 Å². The van der Waals surface area contributed by atoms with E-state index in [0.29, 0.717) is 22.8 Å². The lowest BCUT2D eigenvalue weighted by Crippen LogP contribution is -2.22. The van der Waals surface area contributed by atoms with Gasteiger partial charge in [-0.25, -0.2) is 9.67 Å². The molecule has 0 aliphatic heterocycles. The minimum atomic E-state index is -0.237. The number of aromatic nitrogens is 5. The van der Waals surface area contributed by atoms with Crippen molar-refractivity contribution in [2.45, 2.75) is 13.5 Å². The summed E-state index contributed by atoms with van der Waals surface area (Å²) < 4.78 is 1.47. The molecular weight excluding hydrogens is 324 g/mol. The van der Waals surface area contributed by atoms with Crippen molar-refractivity contribution in [2.24, 2.45) is 0 Å². The van der Waals surface area contributed by atoms with Gasteiger partial charge in [0.2, 0.25) is 0 Å². The number of benzene rings is 1. The third kappa shape index (κ3) is 3.12. The monoisotopic (exact) mass is 334 g/mol. The summed E-state index contributed by atoms with van der Waals surface area (Å²) in [6.07, 6.45) is 3.21. The van der Waals surface area contributed by atoms with Gasteiger partial charge in [0.15, 0.2) is 0 Å². The number of carbonyl (C=O) groups excluding carboxylic acids is 1. The van der Waals surface area contributed by atoms with Crippen LogP contribution in [0.5, 0.6) is 0 Å². The Morgan fingerprint density at radius 2 is 2.32 bits per heavy atom. The smallest absolute Gasteiger partial charge is 0.253 e. The van der Waals surface area contributed by atoms with Crippen molar-refractivity contribution in [1.29, 1.82) is 0 Å². The molecule has 22 heavy (non-hydrogen) atoms. The van der Waals surface area contributed by atoms with E-state index in [4.69, 9.17) is 11.6 Å². The molecule has 0 radical (unpaired) electrons. The largest absolute Gasteiger partial charge is 0.347 e. The van der Waals surface area contributed by atoms with Gasteiger partial charge < -0.3 is 5.32 Å². The van der Waals surface area contributed by atoms with Crippen LogP contribution in [0, 0.1) is 6.92 Å². The number of amides is 1. The highest BCUT2D eigenvalue weighted by molar-refractivity contribution is 7.11. The van der Waals surface area contributed by atoms with Crippen LogP contribution in [0.2, 0.25) is 5.02 Å². The van der Waals surface area contributed by atoms with Gasteiger partial charge in [0.05, 0.1) is 27.8 Å². The summed E-state index contributed by atoms with van der Waals surface area (Å²) in [5.41, 5.74) is 1.09. The molecule has 9 heteroatoms. The van der Waals surface area contributed by atoms with Crippen molar-refractivity contribution in [1.82, 2.24) is 30.5 Å². The highest BCUT2D eigenvalue weighted by Gasteiger charge is 2.12. The number of aryl methyl sites for hydroxylation is 1. The Bertz CT molecular complexity index is 801. The molecule has 3 aromatic rings. The molecule has 1 amide bonds. The van der Waals surface area contributed by atoms with Gasteiger partial charge in [-0.1, -0.05) is 11.6 Å². The minimum absolute atomic E-state index is 0.237. The molecule has 3 rings (SSSR count). The van der Waals surface area contributed by atoms with Gasteiger partial charge in [0.1, 0.15) is 6.33 Å². The van der Waals surface area contributed by atoms with Crippen LogP contribution in [0.15, 0.2) is 30.7 Å². The molecule has 2 aromatic heterocycles. The first-order chi connectivity index (χ1) is 10.6. The number of nitrogens with zero attached hydrogens (tertiary/aromatic N) is 5. The summed E-state index contributed by atoms with van der Waals surface area (Å²) in [5.74, 6) is -0.237. The first kappa shape index (κ1) is 14.6. The maximum absolute atomic E-state index is 12.2. The second-order valence-corrected chi connectivity index (χ2v) is 6.17. The van der Waals surface area contributed by atoms with Gasteiger partial charge in [-0.2, -0.15) is 0 Å². The Morgan fingerprint density at radius 3 is 2.95 bits per heavy atom. The molecule has 0 aliphatic rings.